The van der Waals surface area contributed by atoms with E-state index in [0.29, 0.717) is 5.56 Å². The Morgan fingerprint density at radius 1 is 1.18 bits per heavy atom. The van der Waals surface area contributed by atoms with Gasteiger partial charge in [0.15, 0.2) is 6.04 Å². The molecule has 1 aromatic heterocycles. The van der Waals surface area contributed by atoms with Gasteiger partial charge in [0.2, 0.25) is 10.9 Å². The summed E-state index contributed by atoms with van der Waals surface area (Å²) >= 11 is 0. The number of phenolic OH excluding ortho intramolecular Hbond substituents is 1. The molecule has 2 N–H and O–H groups in total. The van der Waals surface area contributed by atoms with Crippen molar-refractivity contribution in [3.8, 4) is 5.75 Å². The molecule has 0 unspecified atom stereocenters. The zero-order chi connectivity index (χ0) is 24.7. The maximum absolute atomic E-state index is 13.7. The molecule has 0 bridgehead atoms. The van der Waals surface area contributed by atoms with Crippen LogP contribution >= 0.6 is 0 Å². The van der Waals surface area contributed by atoms with Gasteiger partial charge < -0.3 is 25.1 Å². The number of benzene rings is 1. The first kappa shape index (κ1) is 27.1. The van der Waals surface area contributed by atoms with Gasteiger partial charge in [-0.25, -0.2) is 0 Å². The summed E-state index contributed by atoms with van der Waals surface area (Å²) in [5.74, 6) is -1.70. The predicted octanol–water partition coefficient (Wildman–Crippen LogP) is 1.46. The van der Waals surface area contributed by atoms with E-state index in [2.05, 4.69) is 5.32 Å². The third-order valence-corrected chi connectivity index (χ3v) is 4.98. The van der Waals surface area contributed by atoms with Crippen LogP contribution in [0.25, 0.3) is 5.32 Å². The van der Waals surface area contributed by atoms with Crippen LogP contribution in [0.4, 0.5) is 30.2 Å². The van der Waals surface area contributed by atoms with Crippen molar-refractivity contribution in [1.29, 1.82) is 0 Å². The van der Waals surface area contributed by atoms with Gasteiger partial charge in [-0.15, -0.1) is 0 Å². The van der Waals surface area contributed by atoms with E-state index in [9.17, 15) is 32.7 Å². The van der Waals surface area contributed by atoms with E-state index in [0.717, 1.165) is 0 Å². The van der Waals surface area contributed by atoms with Gasteiger partial charge in [-0.3, -0.25) is 14.4 Å². The molecule has 0 radical (unpaired) electrons. The Labute approximate surface area is 204 Å². The van der Waals surface area contributed by atoms with Gasteiger partial charge in [0.05, 0.1) is 17.5 Å². The number of aromatic hydroxyl groups is 1. The van der Waals surface area contributed by atoms with Crippen molar-refractivity contribution in [3.05, 3.63) is 73.2 Å². The zero-order valence-corrected chi connectivity index (χ0v) is 19.1. The number of carbonyl (C=O) groups excluding carboxylic acids is 1. The van der Waals surface area contributed by atoms with Crippen LogP contribution in [0.3, 0.4) is 0 Å². The first-order valence-corrected chi connectivity index (χ1v) is 9.83. The van der Waals surface area contributed by atoms with Crippen LogP contribution in [0.1, 0.15) is 47.5 Å². The number of rotatable bonds is 7. The van der Waals surface area contributed by atoms with Crippen molar-refractivity contribution in [2.45, 2.75) is 32.0 Å². The number of para-hydroxylation sites is 1. The van der Waals surface area contributed by atoms with Gasteiger partial charge >= 0.3 is 25.0 Å². The maximum Gasteiger partial charge on any atom is 1.00 e. The van der Waals surface area contributed by atoms with Crippen LogP contribution < -0.4 is 35.0 Å². The molecule has 0 spiro atoms. The first-order chi connectivity index (χ1) is 15.3. The van der Waals surface area contributed by atoms with E-state index < -0.39 is 51.9 Å². The Morgan fingerprint density at radius 3 is 2.35 bits per heavy atom. The summed E-state index contributed by atoms with van der Waals surface area (Å²) in [6.45, 7) is 3.56. The average Bonchev–Trinajstić information content (AvgIpc) is 3.22. The molecule has 0 saturated heterocycles. The Hall–Kier alpha value is -3.16. The summed E-state index contributed by atoms with van der Waals surface area (Å²) in [4.78, 5) is 37.5. The zero-order valence-electron chi connectivity index (χ0n) is 19.1. The molecular weight excluding hydrogens is 450 g/mol. The summed E-state index contributed by atoms with van der Waals surface area (Å²) in [7, 11) is 2.92. The summed E-state index contributed by atoms with van der Waals surface area (Å²) in [6.07, 6.45) is -3.66. The number of amides is 1. The number of furan rings is 1. The number of carbonyl (C=O) groups is 1. The smallest absolute Gasteiger partial charge is 0.650 e. The number of hydrogen-bond donors (Lipinski definition) is 2. The second kappa shape index (κ2) is 9.99. The Kier molecular flexibility index (Phi) is 7.96. The summed E-state index contributed by atoms with van der Waals surface area (Å²) in [5.41, 5.74) is -3.39. The fourth-order valence-electron chi connectivity index (χ4n) is 3.06. The van der Waals surface area contributed by atoms with E-state index in [4.69, 9.17) is 4.42 Å². The Morgan fingerprint density at radius 2 is 1.82 bits per heavy atom. The van der Waals surface area contributed by atoms with Crippen LogP contribution in [-0.4, -0.2) is 36.2 Å². The van der Waals surface area contributed by atoms with E-state index >= 15 is 0 Å². The molecular formula is C22H21F3LiN3O5. The first-order valence-electron chi connectivity index (χ1n) is 9.83. The number of nitrogens with one attached hydrogen (secondary N) is 1. The number of nitrogens with zero attached hydrogens (tertiary/aromatic N) is 2. The minimum Gasteiger partial charge on any atom is -0.650 e. The van der Waals surface area contributed by atoms with Crippen LogP contribution in [0.5, 0.6) is 5.75 Å². The SMILES string of the molecule is CC(C)c1coc([C@H](Nc2c([N-]c3cccc(C(=O)N(C)C)c3O)c(=O)c2=O)C(F)(F)F)c1.[Li+]. The van der Waals surface area contributed by atoms with Gasteiger partial charge in [0.1, 0.15) is 11.5 Å². The molecule has 3 aromatic rings. The molecule has 1 amide bonds. The molecule has 1 heterocycles. The van der Waals surface area contributed by atoms with E-state index in [1.807, 2.05) is 5.32 Å². The van der Waals surface area contributed by atoms with Gasteiger partial charge in [0.25, 0.3) is 5.91 Å². The number of halogens is 3. The van der Waals surface area contributed by atoms with Gasteiger partial charge in [-0.05, 0) is 23.6 Å². The van der Waals surface area contributed by atoms with Crippen molar-refractivity contribution in [1.82, 2.24) is 4.90 Å². The van der Waals surface area contributed by atoms with Gasteiger partial charge in [-0.1, -0.05) is 37.4 Å². The molecule has 176 valence electrons. The monoisotopic (exact) mass is 471 g/mol. The van der Waals surface area contributed by atoms with Crippen molar-refractivity contribution >= 4 is 23.0 Å². The molecule has 8 nitrogen and oxygen atoms in total. The third-order valence-electron chi connectivity index (χ3n) is 4.98. The number of hydrogen-bond acceptors (Lipinski definition) is 6. The Balaban J connectivity index is 0.00000408. The molecule has 0 fully saturated rings. The van der Waals surface area contributed by atoms with E-state index in [-0.39, 0.29) is 36.0 Å². The number of alkyl halides is 3. The average molecular weight is 471 g/mol. The minimum absolute atomic E-state index is 0. The van der Waals surface area contributed by atoms with Crippen LogP contribution in [0, 0.1) is 0 Å². The summed E-state index contributed by atoms with van der Waals surface area (Å²) < 4.78 is 46.3. The largest absolute Gasteiger partial charge is 1.00 e. The van der Waals surface area contributed by atoms with E-state index in [1.165, 1.54) is 49.5 Å². The Bertz CT molecular complexity index is 1260. The van der Waals surface area contributed by atoms with Crippen molar-refractivity contribution in [3.63, 3.8) is 0 Å². The normalized spacial score (nSPS) is 12.4. The second-order valence-corrected chi connectivity index (χ2v) is 7.92. The van der Waals surface area contributed by atoms with Gasteiger partial charge in [-0.2, -0.15) is 13.2 Å². The summed E-state index contributed by atoms with van der Waals surface area (Å²) in [6, 6.07) is 2.77. The molecule has 0 saturated carbocycles. The second-order valence-electron chi connectivity index (χ2n) is 7.92. The van der Waals surface area contributed by atoms with E-state index in [1.54, 1.807) is 13.8 Å². The maximum atomic E-state index is 13.7. The molecule has 12 heteroatoms. The van der Waals surface area contributed by atoms with Crippen molar-refractivity contribution in [2.24, 2.45) is 0 Å². The van der Waals surface area contributed by atoms with Crippen LogP contribution in [0.15, 0.2) is 44.5 Å². The topological polar surface area (TPSA) is 114 Å². The van der Waals surface area contributed by atoms with Gasteiger partial charge in [0, 0.05) is 14.1 Å². The molecule has 34 heavy (non-hydrogen) atoms. The van der Waals surface area contributed by atoms with Crippen molar-refractivity contribution < 1.29 is 46.4 Å². The molecule has 0 aliphatic heterocycles. The number of anilines is 1. The summed E-state index contributed by atoms with van der Waals surface area (Å²) in [5, 5.41) is 16.3. The molecule has 2 aromatic carbocycles. The third kappa shape index (κ3) is 5.16. The minimum atomic E-state index is -4.86. The predicted molar refractivity (Wildman–Crippen MR) is 115 cm³/mol. The molecule has 0 aliphatic carbocycles. The fraction of sp³-hybridized carbons (Fsp3) is 0.318. The molecule has 0 aliphatic rings. The van der Waals surface area contributed by atoms with Crippen LogP contribution in [-0.2, 0) is 0 Å². The fourth-order valence-corrected chi connectivity index (χ4v) is 3.06. The quantitative estimate of drug-likeness (QED) is 0.399. The number of phenols is 1. The van der Waals surface area contributed by atoms with Crippen molar-refractivity contribution in [2.75, 3.05) is 19.4 Å². The molecule has 3 rings (SSSR count). The molecule has 1 atom stereocenters. The standard InChI is InChI=1S/C22H22F3N3O5.Li/c1-10(2)11-8-14(33-9-11)20(22(23,24)25)27-16-15(18(30)19(16)31)26-13-7-5-6-12(17(13)29)21(32)28(3)4;/h5-10,20H,1-4H3,(H3,26,27,29,30,31,32);/q;+1/p-1/t20-;/m0./s1. The van der Waals surface area contributed by atoms with Crippen LogP contribution in [0.2, 0.25) is 0 Å².